The van der Waals surface area contributed by atoms with Crippen LogP contribution < -0.4 is 15.2 Å². The van der Waals surface area contributed by atoms with Gasteiger partial charge < -0.3 is 15.2 Å². The van der Waals surface area contributed by atoms with Crippen LogP contribution in [0.3, 0.4) is 0 Å². The highest BCUT2D eigenvalue weighted by Gasteiger charge is 2.31. The first kappa shape index (κ1) is 30.2. The number of nitrogens with zero attached hydrogens (tertiary/aromatic N) is 2. The minimum atomic E-state index is -4.63. The molecule has 4 rings (SSSR count). The van der Waals surface area contributed by atoms with Crippen molar-refractivity contribution in [3.8, 4) is 22.7 Å². The number of hydrogen-bond donors (Lipinski definition) is 2. The van der Waals surface area contributed by atoms with Crippen molar-refractivity contribution in [2.75, 3.05) is 5.75 Å². The monoisotopic (exact) mass is 618 g/mol. The quantitative estimate of drug-likeness (QED) is 0.308. The van der Waals surface area contributed by atoms with Crippen molar-refractivity contribution in [1.82, 2.24) is 15.1 Å². The zero-order valence-electron chi connectivity index (χ0n) is 21.3. The van der Waals surface area contributed by atoms with Crippen molar-refractivity contribution in [2.24, 2.45) is 5.73 Å². The zero-order valence-corrected chi connectivity index (χ0v) is 23.7. The van der Waals surface area contributed by atoms with Gasteiger partial charge in [-0.05, 0) is 75.1 Å². The maximum absolute atomic E-state index is 13.3. The number of alkyl halides is 3. The highest BCUT2D eigenvalue weighted by atomic mass is 35.5. The summed E-state index contributed by atoms with van der Waals surface area (Å²) in [4.78, 5) is 13.3. The molecule has 0 bridgehead atoms. The predicted octanol–water partition coefficient (Wildman–Crippen LogP) is 5.82. The second-order valence-corrected chi connectivity index (χ2v) is 12.2. The van der Waals surface area contributed by atoms with E-state index in [9.17, 15) is 26.4 Å². The summed E-state index contributed by atoms with van der Waals surface area (Å²) < 4.78 is 67.7. The zero-order chi connectivity index (χ0) is 29.2. The molecular formula is C26H27Cl2F3N4O4S. The number of nitrogens with two attached hydrogens (primary N) is 1. The van der Waals surface area contributed by atoms with Gasteiger partial charge in [0.2, 0.25) is 0 Å². The topological polar surface area (TPSA) is 116 Å². The fourth-order valence-electron chi connectivity index (χ4n) is 4.59. The maximum Gasteiger partial charge on any atom is 0.390 e. The van der Waals surface area contributed by atoms with Crippen LogP contribution >= 0.6 is 23.2 Å². The van der Waals surface area contributed by atoms with Crippen molar-refractivity contribution in [3.63, 3.8) is 0 Å². The summed E-state index contributed by atoms with van der Waals surface area (Å²) in [6.45, 7) is 1.72. The number of halogens is 5. The van der Waals surface area contributed by atoms with Crippen molar-refractivity contribution >= 4 is 39.2 Å². The number of amides is 1. The first-order valence-electron chi connectivity index (χ1n) is 12.4. The van der Waals surface area contributed by atoms with Gasteiger partial charge in [-0.1, -0.05) is 23.2 Å². The third-order valence-electron chi connectivity index (χ3n) is 6.51. The molecular weight excluding hydrogens is 592 g/mol. The number of carbonyl (C=O) groups excluding carboxylic acids is 1. The van der Waals surface area contributed by atoms with Crippen molar-refractivity contribution in [3.05, 3.63) is 63.8 Å². The molecule has 0 radical (unpaired) electrons. The molecule has 0 saturated heterocycles. The summed E-state index contributed by atoms with van der Waals surface area (Å²) in [7, 11) is -4.47. The van der Waals surface area contributed by atoms with Crippen LogP contribution in [-0.4, -0.2) is 48.1 Å². The summed E-state index contributed by atoms with van der Waals surface area (Å²) in [5.74, 6) is -1.74. The SMILES string of the molecule is Cc1c(C(=O)N[C@@H]2CCC[C@H](N)C2)nn(-c2ccc(Cl)cc2Cl)c1-c1ccc(OS(=O)(=O)CCC(F)(F)F)cc1. The van der Waals surface area contributed by atoms with Crippen LogP contribution in [0.5, 0.6) is 5.75 Å². The number of aromatic nitrogens is 2. The summed E-state index contributed by atoms with van der Waals surface area (Å²) in [6, 6.07) is 10.4. The Bertz CT molecular complexity index is 1490. The van der Waals surface area contributed by atoms with Crippen molar-refractivity contribution in [2.45, 2.75) is 57.3 Å². The Morgan fingerprint density at radius 2 is 1.88 bits per heavy atom. The molecule has 1 aliphatic carbocycles. The number of benzene rings is 2. The molecule has 1 saturated carbocycles. The van der Waals surface area contributed by atoms with Crippen LogP contribution in [0.1, 0.15) is 48.2 Å². The van der Waals surface area contributed by atoms with Crippen LogP contribution in [-0.2, 0) is 10.1 Å². The van der Waals surface area contributed by atoms with Crippen molar-refractivity contribution < 1.29 is 30.6 Å². The van der Waals surface area contributed by atoms with E-state index in [1.54, 1.807) is 19.1 Å². The van der Waals surface area contributed by atoms with E-state index in [4.69, 9.17) is 33.1 Å². The molecule has 2 atom stereocenters. The normalized spacial score (nSPS) is 18.0. The van der Waals surface area contributed by atoms with Crippen LogP contribution in [0, 0.1) is 6.92 Å². The Balaban J connectivity index is 1.68. The lowest BCUT2D eigenvalue weighted by atomic mass is 9.91. The average Bonchev–Trinajstić information content (AvgIpc) is 3.19. The molecule has 0 unspecified atom stereocenters. The smallest absolute Gasteiger partial charge is 0.382 e. The minimum absolute atomic E-state index is 0.0131. The van der Waals surface area contributed by atoms with E-state index in [0.717, 1.165) is 19.3 Å². The molecule has 1 aromatic heterocycles. The number of nitrogens with one attached hydrogen (secondary N) is 1. The van der Waals surface area contributed by atoms with Gasteiger partial charge in [-0.2, -0.15) is 26.7 Å². The number of hydrogen-bond acceptors (Lipinski definition) is 6. The van der Waals surface area contributed by atoms with E-state index in [-0.39, 0.29) is 34.5 Å². The fourth-order valence-corrected chi connectivity index (χ4v) is 6.05. The van der Waals surface area contributed by atoms with Crippen LogP contribution in [0.25, 0.3) is 16.9 Å². The highest BCUT2D eigenvalue weighted by molar-refractivity contribution is 7.87. The first-order chi connectivity index (χ1) is 18.7. The van der Waals surface area contributed by atoms with Gasteiger partial charge in [0, 0.05) is 28.2 Å². The largest absolute Gasteiger partial charge is 0.390 e. The number of rotatable bonds is 8. The Morgan fingerprint density at radius 1 is 1.18 bits per heavy atom. The minimum Gasteiger partial charge on any atom is -0.382 e. The molecule has 8 nitrogen and oxygen atoms in total. The van der Waals surface area contributed by atoms with Gasteiger partial charge in [0.1, 0.15) is 5.75 Å². The molecule has 14 heteroatoms. The molecule has 1 heterocycles. The lowest BCUT2D eigenvalue weighted by Crippen LogP contribution is -2.42. The Morgan fingerprint density at radius 3 is 2.50 bits per heavy atom. The Hall–Kier alpha value is -2.80. The van der Waals surface area contributed by atoms with Gasteiger partial charge in [-0.15, -0.1) is 0 Å². The van der Waals surface area contributed by atoms with E-state index in [1.807, 2.05) is 0 Å². The molecule has 1 fully saturated rings. The average molecular weight is 619 g/mol. The number of carbonyl (C=O) groups is 1. The first-order valence-corrected chi connectivity index (χ1v) is 14.8. The van der Waals surface area contributed by atoms with Crippen LogP contribution in [0.15, 0.2) is 42.5 Å². The van der Waals surface area contributed by atoms with Gasteiger partial charge >= 0.3 is 16.3 Å². The Labute approximate surface area is 239 Å². The third-order valence-corrected chi connectivity index (χ3v) is 8.20. The predicted molar refractivity (Wildman–Crippen MR) is 147 cm³/mol. The molecule has 3 N–H and O–H groups in total. The summed E-state index contributed by atoms with van der Waals surface area (Å²) in [5, 5.41) is 8.27. The van der Waals surface area contributed by atoms with Gasteiger partial charge in [0.15, 0.2) is 5.69 Å². The molecule has 0 aliphatic heterocycles. The second kappa shape index (κ2) is 12.0. The molecule has 1 amide bonds. The van der Waals surface area contributed by atoms with Gasteiger partial charge in [-0.3, -0.25) is 4.79 Å². The molecule has 0 spiro atoms. The lowest BCUT2D eigenvalue weighted by Gasteiger charge is -2.27. The van der Waals surface area contributed by atoms with Gasteiger partial charge in [-0.25, -0.2) is 4.68 Å². The third kappa shape index (κ3) is 7.48. The maximum atomic E-state index is 13.3. The molecule has 216 valence electrons. The highest BCUT2D eigenvalue weighted by Crippen LogP contribution is 2.34. The Kier molecular flexibility index (Phi) is 9.03. The fraction of sp³-hybridized carbons (Fsp3) is 0.385. The molecule has 1 aliphatic rings. The van der Waals surface area contributed by atoms with E-state index < -0.39 is 28.5 Å². The summed E-state index contributed by atoms with van der Waals surface area (Å²) in [6.07, 6.45) is -2.87. The van der Waals surface area contributed by atoms with E-state index in [2.05, 4.69) is 10.4 Å². The van der Waals surface area contributed by atoms with Crippen molar-refractivity contribution in [1.29, 1.82) is 0 Å². The lowest BCUT2D eigenvalue weighted by molar-refractivity contribution is -0.130. The van der Waals surface area contributed by atoms with E-state index in [1.165, 1.54) is 35.0 Å². The van der Waals surface area contributed by atoms with E-state index >= 15 is 0 Å². The van der Waals surface area contributed by atoms with Gasteiger partial charge in [0.25, 0.3) is 5.91 Å². The molecule has 2 aromatic carbocycles. The molecule has 40 heavy (non-hydrogen) atoms. The summed E-state index contributed by atoms with van der Waals surface area (Å²) in [5.41, 5.74) is 8.21. The van der Waals surface area contributed by atoms with E-state index in [0.29, 0.717) is 34.0 Å². The second-order valence-electron chi connectivity index (χ2n) is 9.66. The van der Waals surface area contributed by atoms with Gasteiger partial charge in [0.05, 0.1) is 28.6 Å². The standard InChI is InChI=1S/C26H27Cl2F3N4O4S/c1-15-23(25(36)33-19-4-2-3-18(32)14-19)34-35(22-10-7-17(27)13-21(22)28)24(15)16-5-8-20(9-6-16)39-40(37,38)12-11-26(29,30)31/h5-10,13,18-19H,2-4,11-12,14,32H2,1H3,(H,33,36)/t18-,19+/m0/s1. The van der Waals surface area contributed by atoms with Crippen LogP contribution in [0.4, 0.5) is 13.2 Å². The molecule has 3 aromatic rings. The summed E-state index contributed by atoms with van der Waals surface area (Å²) >= 11 is 12.5. The van der Waals surface area contributed by atoms with Crippen LogP contribution in [0.2, 0.25) is 10.0 Å².